The summed E-state index contributed by atoms with van der Waals surface area (Å²) < 4.78 is 0. The van der Waals surface area contributed by atoms with Crippen LogP contribution in [0.5, 0.6) is 0 Å². The molecule has 0 bridgehead atoms. The van der Waals surface area contributed by atoms with Gasteiger partial charge in [0.25, 0.3) is 0 Å². The Morgan fingerprint density at radius 2 is 1.88 bits per heavy atom. The number of nitrogens with one attached hydrogen (secondary N) is 2. The largest absolute Gasteiger partial charge is 0.345 e. The van der Waals surface area contributed by atoms with Crippen molar-refractivity contribution in [1.29, 1.82) is 0 Å². The minimum atomic E-state index is -0.130. The zero-order valence-electron chi connectivity index (χ0n) is 10.3. The molecule has 1 saturated carbocycles. The van der Waals surface area contributed by atoms with E-state index in [-0.39, 0.29) is 11.4 Å². The second kappa shape index (κ2) is 5.32. The molecule has 0 unspecified atom stereocenters. The summed E-state index contributed by atoms with van der Waals surface area (Å²) in [6, 6.07) is 10.3. The van der Waals surface area contributed by atoms with E-state index in [2.05, 4.69) is 22.8 Å². The van der Waals surface area contributed by atoms with Crippen LogP contribution in [-0.4, -0.2) is 19.5 Å². The normalized spacial score (nSPS) is 17.9. The fraction of sp³-hybridized carbons (Fsp3) is 0.500. The van der Waals surface area contributed by atoms with Gasteiger partial charge in [0, 0.05) is 0 Å². The third-order valence-corrected chi connectivity index (χ3v) is 3.50. The topological polar surface area (TPSA) is 41.1 Å². The average molecular weight is 232 g/mol. The lowest BCUT2D eigenvalue weighted by Gasteiger charge is -2.31. The fourth-order valence-electron chi connectivity index (χ4n) is 2.69. The first-order valence-corrected chi connectivity index (χ1v) is 6.28. The molecule has 0 spiro atoms. The first-order chi connectivity index (χ1) is 8.27. The lowest BCUT2D eigenvalue weighted by Crippen LogP contribution is -2.46. The van der Waals surface area contributed by atoms with E-state index >= 15 is 0 Å². The Labute approximate surface area is 103 Å². The number of amides is 1. The third-order valence-electron chi connectivity index (χ3n) is 3.50. The SMILES string of the molecule is CNCC(=O)NC1(c2ccccc2)CCCC1. The molecule has 3 nitrogen and oxygen atoms in total. The van der Waals surface area contributed by atoms with E-state index < -0.39 is 0 Å². The molecule has 1 aliphatic carbocycles. The quantitative estimate of drug-likeness (QED) is 0.831. The van der Waals surface area contributed by atoms with Gasteiger partial charge >= 0.3 is 0 Å². The Balaban J connectivity index is 2.18. The van der Waals surface area contributed by atoms with E-state index in [9.17, 15) is 4.79 Å². The number of rotatable bonds is 4. The van der Waals surface area contributed by atoms with Gasteiger partial charge in [-0.1, -0.05) is 43.2 Å². The first-order valence-electron chi connectivity index (χ1n) is 6.28. The predicted octanol–water partition coefficient (Wildman–Crippen LogP) is 1.79. The number of hydrogen-bond acceptors (Lipinski definition) is 2. The van der Waals surface area contributed by atoms with E-state index in [0.717, 1.165) is 12.8 Å². The van der Waals surface area contributed by atoms with Gasteiger partial charge in [-0.05, 0) is 25.5 Å². The van der Waals surface area contributed by atoms with Gasteiger partial charge in [-0.25, -0.2) is 0 Å². The number of hydrogen-bond donors (Lipinski definition) is 2. The first kappa shape index (κ1) is 12.1. The predicted molar refractivity (Wildman–Crippen MR) is 68.7 cm³/mol. The molecular weight excluding hydrogens is 212 g/mol. The maximum Gasteiger partial charge on any atom is 0.234 e. The highest BCUT2D eigenvalue weighted by molar-refractivity contribution is 5.79. The maximum atomic E-state index is 11.8. The molecule has 3 heteroatoms. The molecule has 0 radical (unpaired) electrons. The molecule has 0 heterocycles. The lowest BCUT2D eigenvalue weighted by molar-refractivity contribution is -0.122. The molecule has 0 aromatic heterocycles. The monoisotopic (exact) mass is 232 g/mol. The molecule has 17 heavy (non-hydrogen) atoms. The zero-order valence-corrected chi connectivity index (χ0v) is 10.3. The van der Waals surface area contributed by atoms with Crippen LogP contribution in [0.1, 0.15) is 31.2 Å². The van der Waals surface area contributed by atoms with E-state index in [0.29, 0.717) is 6.54 Å². The summed E-state index contributed by atoms with van der Waals surface area (Å²) in [6.07, 6.45) is 4.47. The summed E-state index contributed by atoms with van der Waals surface area (Å²) in [4.78, 5) is 11.8. The van der Waals surface area contributed by atoms with Crippen molar-refractivity contribution in [3.05, 3.63) is 35.9 Å². The number of likely N-dealkylation sites (N-methyl/N-ethyl adjacent to an activating group) is 1. The summed E-state index contributed by atoms with van der Waals surface area (Å²) in [7, 11) is 1.80. The number of carbonyl (C=O) groups excluding carboxylic acids is 1. The Hall–Kier alpha value is -1.35. The van der Waals surface area contributed by atoms with Crippen LogP contribution < -0.4 is 10.6 Å². The van der Waals surface area contributed by atoms with Crippen molar-refractivity contribution in [2.24, 2.45) is 0 Å². The van der Waals surface area contributed by atoms with Gasteiger partial charge in [-0.3, -0.25) is 4.79 Å². The van der Waals surface area contributed by atoms with E-state index in [1.165, 1.54) is 18.4 Å². The Bertz CT molecular complexity index is 369. The Morgan fingerprint density at radius 1 is 1.24 bits per heavy atom. The molecule has 0 aliphatic heterocycles. The molecule has 0 saturated heterocycles. The van der Waals surface area contributed by atoms with Gasteiger partial charge in [0.2, 0.25) is 5.91 Å². The van der Waals surface area contributed by atoms with Gasteiger partial charge in [-0.2, -0.15) is 0 Å². The summed E-state index contributed by atoms with van der Waals surface area (Å²) in [5.74, 6) is 0.0817. The molecule has 92 valence electrons. The van der Waals surface area contributed by atoms with Crippen LogP contribution >= 0.6 is 0 Å². The van der Waals surface area contributed by atoms with E-state index in [4.69, 9.17) is 0 Å². The molecule has 0 atom stereocenters. The van der Waals surface area contributed by atoms with Gasteiger partial charge in [0.15, 0.2) is 0 Å². The molecule has 1 aliphatic rings. The van der Waals surface area contributed by atoms with Crippen molar-refractivity contribution < 1.29 is 4.79 Å². The molecule has 2 rings (SSSR count). The number of benzene rings is 1. The standard InChI is InChI=1S/C14H20N2O/c1-15-11-13(17)16-14(9-5-6-10-14)12-7-3-2-4-8-12/h2-4,7-8,15H,5-6,9-11H2,1H3,(H,16,17). The van der Waals surface area contributed by atoms with Crippen LogP contribution in [0.25, 0.3) is 0 Å². The molecule has 2 N–H and O–H groups in total. The third kappa shape index (κ3) is 2.67. The zero-order chi connectivity index (χ0) is 12.1. The number of carbonyl (C=O) groups is 1. The molecule has 1 amide bonds. The summed E-state index contributed by atoms with van der Waals surface area (Å²) in [5.41, 5.74) is 1.11. The summed E-state index contributed by atoms with van der Waals surface area (Å²) in [6.45, 7) is 0.384. The van der Waals surface area contributed by atoms with Gasteiger partial charge in [-0.15, -0.1) is 0 Å². The highest BCUT2D eigenvalue weighted by atomic mass is 16.2. The maximum absolute atomic E-state index is 11.8. The van der Waals surface area contributed by atoms with Gasteiger partial charge in [0.1, 0.15) is 0 Å². The minimum absolute atomic E-state index is 0.0817. The van der Waals surface area contributed by atoms with Crippen molar-refractivity contribution >= 4 is 5.91 Å². The van der Waals surface area contributed by atoms with Crippen molar-refractivity contribution in [3.63, 3.8) is 0 Å². The van der Waals surface area contributed by atoms with Crippen LogP contribution in [0, 0.1) is 0 Å². The van der Waals surface area contributed by atoms with Crippen molar-refractivity contribution in [1.82, 2.24) is 10.6 Å². The smallest absolute Gasteiger partial charge is 0.234 e. The van der Waals surface area contributed by atoms with E-state index in [1.807, 2.05) is 18.2 Å². The molecule has 1 fully saturated rings. The molecule has 1 aromatic carbocycles. The van der Waals surface area contributed by atoms with Crippen LogP contribution in [0.3, 0.4) is 0 Å². The minimum Gasteiger partial charge on any atom is -0.345 e. The Kier molecular flexibility index (Phi) is 3.79. The average Bonchev–Trinajstić information content (AvgIpc) is 2.80. The summed E-state index contributed by atoms with van der Waals surface area (Å²) in [5, 5.41) is 6.11. The van der Waals surface area contributed by atoms with Crippen LogP contribution in [0.2, 0.25) is 0 Å². The van der Waals surface area contributed by atoms with E-state index in [1.54, 1.807) is 7.05 Å². The van der Waals surface area contributed by atoms with Crippen molar-refractivity contribution in [2.75, 3.05) is 13.6 Å². The molecular formula is C14H20N2O. The van der Waals surface area contributed by atoms with Crippen LogP contribution in [-0.2, 0) is 10.3 Å². The Morgan fingerprint density at radius 3 is 2.47 bits per heavy atom. The van der Waals surface area contributed by atoms with Gasteiger partial charge < -0.3 is 10.6 Å². The fourth-order valence-corrected chi connectivity index (χ4v) is 2.69. The second-order valence-corrected chi connectivity index (χ2v) is 4.73. The highest BCUT2D eigenvalue weighted by Gasteiger charge is 2.36. The highest BCUT2D eigenvalue weighted by Crippen LogP contribution is 2.38. The lowest BCUT2D eigenvalue weighted by atomic mass is 9.88. The van der Waals surface area contributed by atoms with Gasteiger partial charge in [0.05, 0.1) is 12.1 Å². The van der Waals surface area contributed by atoms with Crippen LogP contribution in [0.15, 0.2) is 30.3 Å². The van der Waals surface area contributed by atoms with Crippen LogP contribution in [0.4, 0.5) is 0 Å². The van der Waals surface area contributed by atoms with Crippen molar-refractivity contribution in [2.45, 2.75) is 31.2 Å². The van der Waals surface area contributed by atoms with Crippen molar-refractivity contribution in [3.8, 4) is 0 Å². The summed E-state index contributed by atoms with van der Waals surface area (Å²) >= 11 is 0. The second-order valence-electron chi connectivity index (χ2n) is 4.73. The molecule has 1 aromatic rings.